The van der Waals surface area contributed by atoms with E-state index in [1.807, 2.05) is 41.6 Å². The Labute approximate surface area is 219 Å². The van der Waals surface area contributed by atoms with Gasteiger partial charge in [0.2, 0.25) is 5.91 Å². The van der Waals surface area contributed by atoms with Gasteiger partial charge in [0, 0.05) is 51.3 Å². The van der Waals surface area contributed by atoms with Gasteiger partial charge in [-0.25, -0.2) is 9.59 Å². The summed E-state index contributed by atoms with van der Waals surface area (Å²) in [5.41, 5.74) is 1.95. The van der Waals surface area contributed by atoms with Crippen LogP contribution in [-0.2, 0) is 27.5 Å². The molecule has 0 aliphatic carbocycles. The zero-order valence-electron chi connectivity index (χ0n) is 20.6. The van der Waals surface area contributed by atoms with Crippen molar-refractivity contribution in [3.05, 3.63) is 60.2 Å². The number of carbonyl (C=O) groups excluding carboxylic acids is 1. The summed E-state index contributed by atoms with van der Waals surface area (Å²) >= 11 is 0. The van der Waals surface area contributed by atoms with E-state index in [0.717, 1.165) is 43.9 Å². The summed E-state index contributed by atoms with van der Waals surface area (Å²) in [4.78, 5) is 44.0. The lowest BCUT2D eigenvalue weighted by molar-refractivity contribution is -0.193. The van der Waals surface area contributed by atoms with E-state index in [-0.39, 0.29) is 5.41 Å². The van der Waals surface area contributed by atoms with Crippen molar-refractivity contribution in [1.82, 2.24) is 19.8 Å². The number of nitrogens with zero attached hydrogens (tertiary/aromatic N) is 4. The number of carboxylic acid groups (broad SMARTS) is 2. The van der Waals surface area contributed by atoms with Crippen molar-refractivity contribution in [2.75, 3.05) is 19.6 Å². The molecule has 2 aromatic rings. The van der Waals surface area contributed by atoms with Crippen LogP contribution in [0.3, 0.4) is 0 Å². The third-order valence-corrected chi connectivity index (χ3v) is 6.22. The topological polar surface area (TPSA) is 124 Å². The van der Waals surface area contributed by atoms with Crippen LogP contribution in [0.4, 0.5) is 26.3 Å². The summed E-state index contributed by atoms with van der Waals surface area (Å²) in [6.07, 6.45) is -3.76. The van der Waals surface area contributed by atoms with Crippen LogP contribution in [0.25, 0.3) is 0 Å². The number of rotatable bonds is 4. The van der Waals surface area contributed by atoms with Crippen LogP contribution in [0.15, 0.2) is 48.9 Å². The van der Waals surface area contributed by atoms with E-state index in [1.165, 1.54) is 0 Å². The third-order valence-electron chi connectivity index (χ3n) is 6.22. The van der Waals surface area contributed by atoms with Crippen LogP contribution < -0.4 is 0 Å². The number of amides is 1. The molecule has 39 heavy (non-hydrogen) atoms. The number of carboxylic acids is 2. The molecule has 15 heteroatoms. The lowest BCUT2D eigenvalue weighted by Gasteiger charge is -2.27. The molecule has 2 aromatic heterocycles. The van der Waals surface area contributed by atoms with Crippen LogP contribution in [-0.4, -0.2) is 79.8 Å². The molecular weight excluding hydrogens is 538 g/mol. The number of aromatic nitrogens is 2. The summed E-state index contributed by atoms with van der Waals surface area (Å²) in [5, 5.41) is 14.2. The van der Waals surface area contributed by atoms with Crippen molar-refractivity contribution in [1.29, 1.82) is 0 Å². The largest absolute Gasteiger partial charge is 0.490 e. The van der Waals surface area contributed by atoms with Crippen molar-refractivity contribution in [3.63, 3.8) is 0 Å². The molecule has 4 rings (SSSR count). The average molecular weight is 564 g/mol. The second-order valence-corrected chi connectivity index (χ2v) is 8.99. The minimum Gasteiger partial charge on any atom is -0.475 e. The van der Waals surface area contributed by atoms with Crippen molar-refractivity contribution >= 4 is 17.8 Å². The van der Waals surface area contributed by atoms with E-state index < -0.39 is 24.3 Å². The van der Waals surface area contributed by atoms with Crippen LogP contribution in [0.1, 0.15) is 24.6 Å². The summed E-state index contributed by atoms with van der Waals surface area (Å²) < 4.78 is 63.5. The molecular formula is C24H26F6N4O5. The van der Waals surface area contributed by atoms with Gasteiger partial charge in [0.25, 0.3) is 0 Å². The van der Waals surface area contributed by atoms with E-state index in [9.17, 15) is 31.1 Å². The number of hydrogen-bond donors (Lipinski definition) is 2. The van der Waals surface area contributed by atoms with Gasteiger partial charge in [-0.15, -0.1) is 0 Å². The lowest BCUT2D eigenvalue weighted by Crippen LogP contribution is -2.39. The first-order valence-corrected chi connectivity index (χ1v) is 11.5. The van der Waals surface area contributed by atoms with Gasteiger partial charge in [0.15, 0.2) is 0 Å². The first-order valence-electron chi connectivity index (χ1n) is 11.5. The van der Waals surface area contributed by atoms with E-state index in [0.29, 0.717) is 18.4 Å². The highest BCUT2D eigenvalue weighted by atomic mass is 19.4. The predicted octanol–water partition coefficient (Wildman–Crippen LogP) is 3.61. The fourth-order valence-corrected chi connectivity index (χ4v) is 4.35. The minimum atomic E-state index is -5.08. The van der Waals surface area contributed by atoms with E-state index in [1.54, 1.807) is 6.20 Å². The highest BCUT2D eigenvalue weighted by molar-refractivity contribution is 5.86. The molecule has 2 aliphatic heterocycles. The van der Waals surface area contributed by atoms with E-state index in [4.69, 9.17) is 19.8 Å². The third kappa shape index (κ3) is 8.90. The van der Waals surface area contributed by atoms with Crippen molar-refractivity contribution in [3.8, 4) is 0 Å². The summed E-state index contributed by atoms with van der Waals surface area (Å²) in [7, 11) is 0. The molecule has 0 radical (unpaired) electrons. The number of hydrogen-bond acceptors (Lipinski definition) is 6. The van der Waals surface area contributed by atoms with Crippen molar-refractivity contribution in [2.45, 2.75) is 38.8 Å². The molecule has 2 atom stereocenters. The van der Waals surface area contributed by atoms with Gasteiger partial charge in [-0.05, 0) is 36.1 Å². The number of likely N-dealkylation sites (tertiary alicyclic amines) is 2. The number of alkyl halides is 6. The molecule has 2 saturated heterocycles. The summed E-state index contributed by atoms with van der Waals surface area (Å²) in [6.45, 7) is 6.36. The molecule has 2 fully saturated rings. The maximum atomic E-state index is 13.2. The molecule has 2 N–H and O–H groups in total. The molecule has 0 unspecified atom stereocenters. The fourth-order valence-electron chi connectivity index (χ4n) is 4.35. The smallest absolute Gasteiger partial charge is 0.475 e. The maximum Gasteiger partial charge on any atom is 0.490 e. The van der Waals surface area contributed by atoms with Gasteiger partial charge < -0.3 is 15.1 Å². The highest BCUT2D eigenvalue weighted by Crippen LogP contribution is 2.45. The molecule has 1 amide bonds. The normalized spacial score (nSPS) is 21.2. The Kier molecular flexibility index (Phi) is 10.4. The Balaban J connectivity index is 0.000000317. The van der Waals surface area contributed by atoms with Gasteiger partial charge >= 0.3 is 24.3 Å². The Hall–Kier alpha value is -3.75. The highest BCUT2D eigenvalue weighted by Gasteiger charge is 2.54. The van der Waals surface area contributed by atoms with Crippen molar-refractivity contribution in [2.24, 2.45) is 11.3 Å². The SMILES string of the molecule is C[C@@H]1CN(Cc2ccccn2)C[C@]12CCN(Cc1cccnc1)C2=O.O=C(O)C(F)(F)F.O=C(O)C(F)(F)F. The standard InChI is InChI=1S/C20H24N4O.2C2HF3O2/c1-16-12-23(14-18-6-2-3-9-22-18)15-20(16)7-10-24(19(20)25)13-17-5-4-8-21-11-17;2*3-2(4,5)1(6)7/h2-6,8-9,11,16H,7,10,12-15H2,1H3;2*(H,6,7)/t16-,20-;;/m1../s1. The fraction of sp³-hybridized carbons (Fsp3) is 0.458. The second-order valence-electron chi connectivity index (χ2n) is 8.99. The van der Waals surface area contributed by atoms with Gasteiger partial charge in [-0.1, -0.05) is 19.1 Å². The van der Waals surface area contributed by atoms with Crippen LogP contribution in [0.5, 0.6) is 0 Å². The lowest BCUT2D eigenvalue weighted by atomic mass is 9.78. The van der Waals surface area contributed by atoms with Crippen LogP contribution in [0.2, 0.25) is 0 Å². The first kappa shape index (κ1) is 31.5. The number of aliphatic carboxylic acids is 2. The first-order chi connectivity index (χ1) is 18.1. The zero-order valence-corrected chi connectivity index (χ0v) is 20.6. The van der Waals surface area contributed by atoms with Crippen LogP contribution >= 0.6 is 0 Å². The van der Waals surface area contributed by atoms with Crippen LogP contribution in [0, 0.1) is 11.3 Å². The minimum absolute atomic E-state index is 0.225. The average Bonchev–Trinajstić information content (AvgIpc) is 3.33. The Morgan fingerprint density at radius 3 is 2.10 bits per heavy atom. The molecule has 1 spiro atoms. The van der Waals surface area contributed by atoms with Crippen molar-refractivity contribution < 1.29 is 50.9 Å². The Bertz CT molecular complexity index is 1090. The van der Waals surface area contributed by atoms with Gasteiger partial charge in [0.05, 0.1) is 11.1 Å². The summed E-state index contributed by atoms with van der Waals surface area (Å²) in [6, 6.07) is 9.98. The van der Waals surface area contributed by atoms with Gasteiger partial charge in [0.1, 0.15) is 0 Å². The molecule has 9 nitrogen and oxygen atoms in total. The van der Waals surface area contributed by atoms with Gasteiger partial charge in [-0.2, -0.15) is 26.3 Å². The monoisotopic (exact) mass is 564 g/mol. The zero-order chi connectivity index (χ0) is 29.4. The summed E-state index contributed by atoms with van der Waals surface area (Å²) in [5.74, 6) is -4.82. The van der Waals surface area contributed by atoms with E-state index >= 15 is 0 Å². The molecule has 0 bridgehead atoms. The van der Waals surface area contributed by atoms with Gasteiger partial charge in [-0.3, -0.25) is 19.7 Å². The molecule has 4 heterocycles. The Morgan fingerprint density at radius 1 is 1.00 bits per heavy atom. The molecule has 0 aromatic carbocycles. The number of halogens is 6. The molecule has 2 aliphatic rings. The van der Waals surface area contributed by atoms with E-state index in [2.05, 4.69) is 27.9 Å². The molecule has 0 saturated carbocycles. The maximum absolute atomic E-state index is 13.2. The predicted molar refractivity (Wildman–Crippen MR) is 123 cm³/mol. The second kappa shape index (κ2) is 12.9. The molecule has 214 valence electrons. The number of pyridine rings is 2. The quantitative estimate of drug-likeness (QED) is 0.540. The number of carbonyl (C=O) groups is 3. The Morgan fingerprint density at radius 2 is 1.62 bits per heavy atom.